The van der Waals surface area contributed by atoms with Gasteiger partial charge < -0.3 is 19.5 Å². The van der Waals surface area contributed by atoms with Crippen LogP contribution < -0.4 is 10.1 Å². The number of pyridine rings is 1. The molecule has 2 aromatic heterocycles. The second-order valence-corrected chi connectivity index (χ2v) is 8.46. The molecule has 1 fully saturated rings. The zero-order valence-electron chi connectivity index (χ0n) is 19.6. The third kappa shape index (κ3) is 4.05. The van der Waals surface area contributed by atoms with Crippen molar-refractivity contribution >= 4 is 33.6 Å². The predicted octanol–water partition coefficient (Wildman–Crippen LogP) is 5.00. The maximum Gasteiger partial charge on any atom is 0.337 e. The lowest BCUT2D eigenvalue weighted by molar-refractivity contribution is -0.0367. The maximum absolute atomic E-state index is 12.2. The number of hydrogen-bond donors (Lipinski definition) is 1. The van der Waals surface area contributed by atoms with Crippen molar-refractivity contribution in [3.8, 4) is 5.75 Å². The van der Waals surface area contributed by atoms with Gasteiger partial charge in [0.25, 0.3) is 0 Å². The van der Waals surface area contributed by atoms with Crippen LogP contribution in [0.5, 0.6) is 5.75 Å². The fourth-order valence-corrected chi connectivity index (χ4v) is 4.52. The van der Waals surface area contributed by atoms with Crippen molar-refractivity contribution in [2.75, 3.05) is 26.1 Å². The summed E-state index contributed by atoms with van der Waals surface area (Å²) in [5.41, 5.74) is 4.13. The summed E-state index contributed by atoms with van der Waals surface area (Å²) in [5.74, 6) is 1.19. The summed E-state index contributed by atoms with van der Waals surface area (Å²) < 4.78 is 18.3. The van der Waals surface area contributed by atoms with E-state index in [2.05, 4.69) is 5.32 Å². The normalized spacial score (nSPS) is 16.0. The highest BCUT2D eigenvalue weighted by molar-refractivity contribution is 6.11. The fraction of sp³-hybridized carbons (Fsp3) is 0.346. The zero-order valence-corrected chi connectivity index (χ0v) is 19.6. The summed E-state index contributed by atoms with van der Waals surface area (Å²) in [6.45, 7) is 3.30. The van der Waals surface area contributed by atoms with Crippen LogP contribution in [0.1, 0.15) is 47.1 Å². The molecule has 8 nitrogen and oxygen atoms in total. The number of nitrogens with one attached hydrogen (secondary N) is 1. The van der Waals surface area contributed by atoms with Crippen LogP contribution in [0.15, 0.2) is 42.5 Å². The average Bonchev–Trinajstić information content (AvgIpc) is 3.25. The van der Waals surface area contributed by atoms with Crippen molar-refractivity contribution in [2.45, 2.75) is 39.0 Å². The molecule has 0 bridgehead atoms. The molecule has 1 aliphatic heterocycles. The second-order valence-electron chi connectivity index (χ2n) is 8.46. The number of ether oxygens (including phenoxy) is 3. The summed E-state index contributed by atoms with van der Waals surface area (Å²) in [4.78, 5) is 17.2. The summed E-state index contributed by atoms with van der Waals surface area (Å²) in [5, 5.41) is 10.2. The van der Waals surface area contributed by atoms with Crippen molar-refractivity contribution in [3.05, 3.63) is 59.3 Å². The molecular weight excluding hydrogens is 432 g/mol. The molecule has 0 spiro atoms. The Balaban J connectivity index is 1.64. The van der Waals surface area contributed by atoms with E-state index in [9.17, 15) is 4.79 Å². The zero-order chi connectivity index (χ0) is 23.7. The Morgan fingerprint density at radius 2 is 2.00 bits per heavy atom. The summed E-state index contributed by atoms with van der Waals surface area (Å²) >= 11 is 0. The van der Waals surface area contributed by atoms with Gasteiger partial charge in [-0.3, -0.25) is 0 Å². The smallest absolute Gasteiger partial charge is 0.337 e. The Bertz CT molecular complexity index is 1340. The van der Waals surface area contributed by atoms with Crippen LogP contribution in [0.25, 0.3) is 21.8 Å². The molecule has 1 atom stereocenters. The lowest BCUT2D eigenvalue weighted by Gasteiger charge is -2.24. The SMILES string of the molecule is COC(=O)c1ccc2nc(NCc3ccc(OC)cc3)c3c(C)nn(C4CCCCO4)c3c2c1. The van der Waals surface area contributed by atoms with Crippen molar-refractivity contribution in [1.82, 2.24) is 14.8 Å². The van der Waals surface area contributed by atoms with Crippen LogP contribution in [-0.4, -0.2) is 41.6 Å². The van der Waals surface area contributed by atoms with Gasteiger partial charge in [-0.2, -0.15) is 5.10 Å². The molecule has 3 heterocycles. The number of aromatic nitrogens is 3. The number of benzene rings is 2. The van der Waals surface area contributed by atoms with E-state index in [1.165, 1.54) is 7.11 Å². The van der Waals surface area contributed by atoms with Crippen LogP contribution in [0, 0.1) is 6.92 Å². The number of methoxy groups -OCH3 is 2. The molecule has 0 saturated carbocycles. The minimum Gasteiger partial charge on any atom is -0.497 e. The number of fused-ring (bicyclic) bond motifs is 3. The van der Waals surface area contributed by atoms with Crippen molar-refractivity contribution in [3.63, 3.8) is 0 Å². The number of aryl methyl sites for hydroxylation is 1. The van der Waals surface area contributed by atoms with Crippen molar-refractivity contribution in [2.24, 2.45) is 0 Å². The lowest BCUT2D eigenvalue weighted by Crippen LogP contribution is -2.19. The number of anilines is 1. The van der Waals surface area contributed by atoms with Gasteiger partial charge in [0.05, 0.1) is 41.9 Å². The van der Waals surface area contributed by atoms with Gasteiger partial charge in [0, 0.05) is 18.5 Å². The first-order valence-electron chi connectivity index (χ1n) is 11.5. The van der Waals surface area contributed by atoms with Gasteiger partial charge >= 0.3 is 5.97 Å². The molecular formula is C26H28N4O4. The van der Waals surface area contributed by atoms with Gasteiger partial charge in [-0.25, -0.2) is 14.5 Å². The highest BCUT2D eigenvalue weighted by Gasteiger charge is 2.24. The molecule has 0 aliphatic carbocycles. The molecule has 4 aromatic rings. The Morgan fingerprint density at radius 1 is 1.18 bits per heavy atom. The first kappa shape index (κ1) is 22.2. The van der Waals surface area contributed by atoms with Crippen LogP contribution in [0.4, 0.5) is 5.82 Å². The van der Waals surface area contributed by atoms with E-state index in [1.54, 1.807) is 13.2 Å². The first-order valence-corrected chi connectivity index (χ1v) is 11.5. The lowest BCUT2D eigenvalue weighted by atomic mass is 10.1. The number of carbonyl (C=O) groups excluding carboxylic acids is 1. The molecule has 1 N–H and O–H groups in total. The predicted molar refractivity (Wildman–Crippen MR) is 130 cm³/mol. The molecule has 2 aromatic carbocycles. The van der Waals surface area contributed by atoms with Crippen LogP contribution in [0.3, 0.4) is 0 Å². The average molecular weight is 461 g/mol. The highest BCUT2D eigenvalue weighted by Crippen LogP contribution is 2.36. The maximum atomic E-state index is 12.2. The van der Waals surface area contributed by atoms with Gasteiger partial charge in [0.1, 0.15) is 11.6 Å². The standard InChI is InChI=1S/C26H28N4O4/c1-16-23-24(30(29-16)22-6-4-5-13-34-22)20-14-18(26(31)33-3)9-12-21(20)28-25(23)27-15-17-7-10-19(32-2)11-8-17/h7-12,14,22H,4-6,13,15H2,1-3H3,(H,27,28). The number of esters is 1. The Labute approximate surface area is 197 Å². The van der Waals surface area contributed by atoms with E-state index in [-0.39, 0.29) is 12.2 Å². The van der Waals surface area contributed by atoms with Crippen molar-refractivity contribution < 1.29 is 19.0 Å². The highest BCUT2D eigenvalue weighted by atomic mass is 16.5. The minimum absolute atomic E-state index is 0.147. The third-order valence-corrected chi connectivity index (χ3v) is 6.27. The number of hydrogen-bond acceptors (Lipinski definition) is 7. The van der Waals surface area contributed by atoms with E-state index in [0.717, 1.165) is 63.9 Å². The Kier molecular flexibility index (Phi) is 6.06. The monoisotopic (exact) mass is 460 g/mol. The largest absolute Gasteiger partial charge is 0.497 e. The molecule has 1 aliphatic rings. The van der Waals surface area contributed by atoms with Gasteiger partial charge in [0.15, 0.2) is 6.23 Å². The summed E-state index contributed by atoms with van der Waals surface area (Å²) in [6.07, 6.45) is 2.89. The first-order chi connectivity index (χ1) is 16.6. The van der Waals surface area contributed by atoms with E-state index in [4.69, 9.17) is 24.3 Å². The van der Waals surface area contributed by atoms with E-state index in [1.807, 2.05) is 48.0 Å². The molecule has 5 rings (SSSR count). The Hall–Kier alpha value is -3.65. The number of nitrogens with zero attached hydrogens (tertiary/aromatic N) is 3. The fourth-order valence-electron chi connectivity index (χ4n) is 4.52. The number of carbonyl (C=O) groups is 1. The van der Waals surface area contributed by atoms with E-state index < -0.39 is 0 Å². The minimum atomic E-state index is -0.381. The van der Waals surface area contributed by atoms with E-state index >= 15 is 0 Å². The molecule has 176 valence electrons. The van der Waals surface area contributed by atoms with Gasteiger partial charge in [-0.1, -0.05) is 12.1 Å². The second kappa shape index (κ2) is 9.30. The molecule has 1 unspecified atom stereocenters. The van der Waals surface area contributed by atoms with Gasteiger partial charge in [0.2, 0.25) is 0 Å². The molecule has 0 amide bonds. The van der Waals surface area contributed by atoms with Gasteiger partial charge in [-0.15, -0.1) is 0 Å². The van der Waals surface area contributed by atoms with Crippen molar-refractivity contribution in [1.29, 1.82) is 0 Å². The quantitative estimate of drug-likeness (QED) is 0.405. The molecule has 34 heavy (non-hydrogen) atoms. The molecule has 1 saturated heterocycles. The summed E-state index contributed by atoms with van der Waals surface area (Å²) in [6, 6.07) is 13.4. The Morgan fingerprint density at radius 3 is 2.71 bits per heavy atom. The van der Waals surface area contributed by atoms with E-state index in [0.29, 0.717) is 18.7 Å². The van der Waals surface area contributed by atoms with Crippen LogP contribution in [0.2, 0.25) is 0 Å². The molecule has 8 heteroatoms. The molecule has 0 radical (unpaired) electrons. The van der Waals surface area contributed by atoms with Gasteiger partial charge in [-0.05, 0) is 62.1 Å². The topological polar surface area (TPSA) is 87.5 Å². The third-order valence-electron chi connectivity index (χ3n) is 6.27. The van der Waals surface area contributed by atoms with Crippen LogP contribution in [-0.2, 0) is 16.0 Å². The number of rotatable bonds is 6. The summed E-state index contributed by atoms with van der Waals surface area (Å²) in [7, 11) is 3.04. The van der Waals surface area contributed by atoms with Crippen LogP contribution >= 0.6 is 0 Å².